The molecule has 0 aromatic carbocycles. The highest BCUT2D eigenvalue weighted by molar-refractivity contribution is 5.82. The average molecular weight is 228 g/mol. The molecule has 4 heteroatoms. The number of carbonyl (C=O) groups is 1. The van der Waals surface area contributed by atoms with Crippen molar-refractivity contribution in [2.75, 3.05) is 13.1 Å². The third-order valence-corrected chi connectivity index (χ3v) is 2.87. The molecule has 3 N–H and O–H groups in total. The highest BCUT2D eigenvalue weighted by atomic mass is 16.3. The van der Waals surface area contributed by atoms with E-state index in [4.69, 9.17) is 0 Å². The zero-order chi connectivity index (χ0) is 12.2. The largest absolute Gasteiger partial charge is 0.388 e. The fourth-order valence-corrected chi connectivity index (χ4v) is 2.26. The minimum Gasteiger partial charge on any atom is -0.388 e. The monoisotopic (exact) mass is 228 g/mol. The Balaban J connectivity index is 2.29. The van der Waals surface area contributed by atoms with Crippen LogP contribution in [0.3, 0.4) is 0 Å². The van der Waals surface area contributed by atoms with Gasteiger partial charge in [-0.1, -0.05) is 13.8 Å². The summed E-state index contributed by atoms with van der Waals surface area (Å²) in [5, 5.41) is 16.0. The topological polar surface area (TPSA) is 61.4 Å². The molecule has 4 nitrogen and oxygen atoms in total. The van der Waals surface area contributed by atoms with Crippen molar-refractivity contribution in [1.29, 1.82) is 0 Å². The number of hydrogen-bond donors (Lipinski definition) is 3. The van der Waals surface area contributed by atoms with Crippen molar-refractivity contribution in [3.63, 3.8) is 0 Å². The fourth-order valence-electron chi connectivity index (χ4n) is 2.26. The first kappa shape index (κ1) is 13.5. The van der Waals surface area contributed by atoms with Crippen molar-refractivity contribution in [3.8, 4) is 0 Å². The standard InChI is InChI=1S/C12H24N2O2/c1-9(2)7-12(3,16)8-14-11(15)10-5-4-6-13-10/h9-10,13,16H,4-8H2,1-3H3,(H,14,15)/t10-,12?/m0/s1. The van der Waals surface area contributed by atoms with Gasteiger partial charge in [0.15, 0.2) is 0 Å². The number of hydrogen-bond acceptors (Lipinski definition) is 3. The van der Waals surface area contributed by atoms with E-state index in [9.17, 15) is 9.90 Å². The molecule has 1 rings (SSSR count). The Morgan fingerprint density at radius 1 is 1.62 bits per heavy atom. The van der Waals surface area contributed by atoms with Crippen molar-refractivity contribution in [3.05, 3.63) is 0 Å². The number of aliphatic hydroxyl groups is 1. The van der Waals surface area contributed by atoms with Gasteiger partial charge in [0.25, 0.3) is 0 Å². The quantitative estimate of drug-likeness (QED) is 0.647. The Bertz CT molecular complexity index is 233. The van der Waals surface area contributed by atoms with Crippen LogP contribution in [0.4, 0.5) is 0 Å². The fraction of sp³-hybridized carbons (Fsp3) is 0.917. The predicted octanol–water partition coefficient (Wildman–Crippen LogP) is 0.652. The summed E-state index contributed by atoms with van der Waals surface area (Å²) in [6.45, 7) is 7.15. The number of rotatable bonds is 5. The van der Waals surface area contributed by atoms with E-state index in [-0.39, 0.29) is 11.9 Å². The van der Waals surface area contributed by atoms with Gasteiger partial charge in [-0.05, 0) is 38.6 Å². The third-order valence-electron chi connectivity index (χ3n) is 2.87. The summed E-state index contributed by atoms with van der Waals surface area (Å²) in [4.78, 5) is 11.7. The average Bonchev–Trinajstić information content (AvgIpc) is 2.64. The first-order valence-electron chi connectivity index (χ1n) is 6.14. The molecule has 1 aliphatic heterocycles. The summed E-state index contributed by atoms with van der Waals surface area (Å²) in [5.74, 6) is 0.443. The molecular formula is C12H24N2O2. The van der Waals surface area contributed by atoms with Crippen LogP contribution in [0.5, 0.6) is 0 Å². The van der Waals surface area contributed by atoms with Gasteiger partial charge >= 0.3 is 0 Å². The highest BCUT2D eigenvalue weighted by Gasteiger charge is 2.26. The lowest BCUT2D eigenvalue weighted by Crippen LogP contribution is -2.47. The minimum atomic E-state index is -0.803. The van der Waals surface area contributed by atoms with Gasteiger partial charge in [0.05, 0.1) is 11.6 Å². The SMILES string of the molecule is CC(C)CC(C)(O)CNC(=O)[C@@H]1CCCN1. The van der Waals surface area contributed by atoms with Gasteiger partial charge in [0, 0.05) is 6.54 Å². The van der Waals surface area contributed by atoms with Crippen molar-refractivity contribution in [2.45, 2.75) is 51.7 Å². The Morgan fingerprint density at radius 3 is 2.81 bits per heavy atom. The highest BCUT2D eigenvalue weighted by Crippen LogP contribution is 2.15. The molecule has 0 aromatic heterocycles. The molecule has 1 unspecified atom stereocenters. The maximum atomic E-state index is 11.7. The Kier molecular flexibility index (Phi) is 4.74. The smallest absolute Gasteiger partial charge is 0.237 e. The number of carbonyl (C=O) groups excluding carboxylic acids is 1. The molecule has 0 radical (unpaired) electrons. The molecule has 0 spiro atoms. The molecule has 0 saturated carbocycles. The van der Waals surface area contributed by atoms with Gasteiger partial charge in [-0.3, -0.25) is 4.79 Å². The van der Waals surface area contributed by atoms with Gasteiger partial charge in [-0.25, -0.2) is 0 Å². The summed E-state index contributed by atoms with van der Waals surface area (Å²) in [6, 6.07) is -0.0603. The normalized spacial score (nSPS) is 24.4. The van der Waals surface area contributed by atoms with Crippen molar-refractivity contribution >= 4 is 5.91 Å². The minimum absolute atomic E-state index is 0.0153. The Morgan fingerprint density at radius 2 is 2.31 bits per heavy atom. The van der Waals surface area contributed by atoms with Gasteiger partial charge in [-0.15, -0.1) is 0 Å². The zero-order valence-corrected chi connectivity index (χ0v) is 10.5. The molecule has 0 aliphatic carbocycles. The second-order valence-corrected chi connectivity index (χ2v) is 5.46. The Hall–Kier alpha value is -0.610. The van der Waals surface area contributed by atoms with E-state index in [1.54, 1.807) is 6.92 Å². The lowest BCUT2D eigenvalue weighted by molar-refractivity contribution is -0.124. The summed E-state index contributed by atoms with van der Waals surface area (Å²) in [5.41, 5.74) is -0.803. The van der Waals surface area contributed by atoms with Crippen LogP contribution in [0.1, 0.15) is 40.0 Å². The van der Waals surface area contributed by atoms with Crippen LogP contribution in [0.25, 0.3) is 0 Å². The molecule has 2 atom stereocenters. The maximum absolute atomic E-state index is 11.7. The van der Waals surface area contributed by atoms with E-state index in [1.165, 1.54) is 0 Å². The first-order chi connectivity index (χ1) is 7.41. The molecule has 16 heavy (non-hydrogen) atoms. The van der Waals surface area contributed by atoms with E-state index >= 15 is 0 Å². The molecule has 1 amide bonds. The van der Waals surface area contributed by atoms with Crippen LogP contribution in [-0.2, 0) is 4.79 Å². The third kappa shape index (κ3) is 4.49. The second-order valence-electron chi connectivity index (χ2n) is 5.46. The van der Waals surface area contributed by atoms with Crippen LogP contribution in [-0.4, -0.2) is 35.7 Å². The number of nitrogens with one attached hydrogen (secondary N) is 2. The van der Waals surface area contributed by atoms with E-state index in [0.717, 1.165) is 19.4 Å². The first-order valence-corrected chi connectivity index (χ1v) is 6.14. The van der Waals surface area contributed by atoms with E-state index in [0.29, 0.717) is 18.9 Å². The maximum Gasteiger partial charge on any atom is 0.237 e. The van der Waals surface area contributed by atoms with E-state index < -0.39 is 5.60 Å². The number of amides is 1. The molecule has 0 bridgehead atoms. The molecule has 0 aromatic rings. The van der Waals surface area contributed by atoms with Gasteiger partial charge < -0.3 is 15.7 Å². The zero-order valence-electron chi connectivity index (χ0n) is 10.5. The van der Waals surface area contributed by atoms with Crippen LogP contribution >= 0.6 is 0 Å². The van der Waals surface area contributed by atoms with Crippen LogP contribution in [0.2, 0.25) is 0 Å². The second kappa shape index (κ2) is 5.64. The van der Waals surface area contributed by atoms with Gasteiger partial charge in [-0.2, -0.15) is 0 Å². The summed E-state index contributed by atoms with van der Waals surface area (Å²) < 4.78 is 0. The van der Waals surface area contributed by atoms with Crippen LogP contribution < -0.4 is 10.6 Å². The van der Waals surface area contributed by atoms with E-state index in [1.807, 2.05) is 0 Å². The van der Waals surface area contributed by atoms with Crippen molar-refractivity contribution < 1.29 is 9.90 Å². The van der Waals surface area contributed by atoms with Crippen LogP contribution in [0.15, 0.2) is 0 Å². The van der Waals surface area contributed by atoms with Gasteiger partial charge in [0.1, 0.15) is 0 Å². The predicted molar refractivity (Wildman–Crippen MR) is 64.1 cm³/mol. The van der Waals surface area contributed by atoms with Crippen molar-refractivity contribution in [2.24, 2.45) is 5.92 Å². The lowest BCUT2D eigenvalue weighted by atomic mass is 9.94. The summed E-state index contributed by atoms with van der Waals surface area (Å²) in [7, 11) is 0. The van der Waals surface area contributed by atoms with E-state index in [2.05, 4.69) is 24.5 Å². The molecule has 1 saturated heterocycles. The summed E-state index contributed by atoms with van der Waals surface area (Å²) >= 11 is 0. The Labute approximate surface area is 97.8 Å². The van der Waals surface area contributed by atoms with Crippen molar-refractivity contribution in [1.82, 2.24) is 10.6 Å². The molecule has 1 aliphatic rings. The summed E-state index contributed by atoms with van der Waals surface area (Å²) in [6.07, 6.45) is 2.66. The lowest BCUT2D eigenvalue weighted by Gasteiger charge is -2.26. The molecular weight excluding hydrogens is 204 g/mol. The van der Waals surface area contributed by atoms with Crippen LogP contribution in [0, 0.1) is 5.92 Å². The molecule has 1 fully saturated rings. The molecule has 1 heterocycles. The van der Waals surface area contributed by atoms with Gasteiger partial charge in [0.2, 0.25) is 5.91 Å². The molecule has 94 valence electrons.